The van der Waals surface area contributed by atoms with E-state index >= 15 is 0 Å². The number of nitrogens with zero attached hydrogens (tertiary/aromatic N) is 6. The molecule has 0 saturated carbocycles. The molecule has 13 heteroatoms. The molecule has 2 fully saturated rings. The fraction of sp³-hybridized carbons (Fsp3) is 0.385. The van der Waals surface area contributed by atoms with Crippen molar-refractivity contribution in [1.82, 2.24) is 25.3 Å². The van der Waals surface area contributed by atoms with Gasteiger partial charge >= 0.3 is 0 Å². The number of pyridine rings is 1. The van der Waals surface area contributed by atoms with Gasteiger partial charge in [0, 0.05) is 57.2 Å². The minimum atomic E-state index is -0.537. The number of benzene rings is 1. The molecule has 4 heterocycles. The lowest BCUT2D eigenvalue weighted by atomic mass is 10.2. The summed E-state index contributed by atoms with van der Waals surface area (Å²) < 4.78 is 19.5. The maximum absolute atomic E-state index is 14.2. The van der Waals surface area contributed by atoms with Gasteiger partial charge in [0.2, 0.25) is 5.95 Å². The van der Waals surface area contributed by atoms with E-state index in [0.29, 0.717) is 32.8 Å². The van der Waals surface area contributed by atoms with Gasteiger partial charge in [0.25, 0.3) is 5.91 Å². The van der Waals surface area contributed by atoms with Crippen molar-refractivity contribution in [3.05, 3.63) is 60.3 Å². The number of carbonyl (C=O) groups is 1. The van der Waals surface area contributed by atoms with Gasteiger partial charge < -0.3 is 25.0 Å². The molecule has 12 nitrogen and oxygen atoms in total. The van der Waals surface area contributed by atoms with Crippen molar-refractivity contribution in [1.29, 1.82) is 0 Å². The number of piperazine rings is 1. The first-order valence-electron chi connectivity index (χ1n) is 12.9. The molecule has 5 rings (SSSR count). The Morgan fingerprint density at radius 2 is 1.79 bits per heavy atom. The number of aliphatic hydroxyl groups excluding tert-OH is 1. The molecule has 0 radical (unpaired) electrons. The molecule has 0 spiro atoms. The number of carbonyl (C=O) groups excluding carboxylic acids is 1. The maximum atomic E-state index is 14.2. The quantitative estimate of drug-likeness (QED) is 0.296. The van der Waals surface area contributed by atoms with Crippen molar-refractivity contribution < 1.29 is 19.0 Å². The average Bonchev–Trinajstić information content (AvgIpc) is 2.98. The first-order chi connectivity index (χ1) is 19.1. The number of aromatic nitrogens is 3. The van der Waals surface area contributed by atoms with Crippen LogP contribution in [0.4, 0.5) is 33.2 Å². The van der Waals surface area contributed by atoms with Crippen LogP contribution in [0.25, 0.3) is 0 Å². The van der Waals surface area contributed by atoms with Gasteiger partial charge in [-0.1, -0.05) is 6.07 Å². The van der Waals surface area contributed by atoms with Crippen LogP contribution in [0.1, 0.15) is 10.5 Å². The van der Waals surface area contributed by atoms with Crippen LogP contribution < -0.4 is 26.0 Å². The second-order valence-corrected chi connectivity index (χ2v) is 9.20. The number of β-amino-alcohol motifs (C(OH)–C–C–N with tert-alkyl or cyclic N) is 1. The predicted molar refractivity (Wildman–Crippen MR) is 146 cm³/mol. The molecule has 2 aromatic heterocycles. The number of ether oxygens (including phenoxy) is 1. The van der Waals surface area contributed by atoms with Crippen molar-refractivity contribution >= 4 is 34.7 Å². The van der Waals surface area contributed by atoms with Gasteiger partial charge in [-0.25, -0.2) is 14.4 Å². The molecule has 2 aliphatic rings. The minimum absolute atomic E-state index is 0.0687. The summed E-state index contributed by atoms with van der Waals surface area (Å²) in [6, 6.07) is 11.5. The number of hydrazine groups is 1. The first-order valence-corrected chi connectivity index (χ1v) is 12.9. The van der Waals surface area contributed by atoms with Crippen molar-refractivity contribution in [3.63, 3.8) is 0 Å². The Bertz CT molecular complexity index is 1250. The summed E-state index contributed by atoms with van der Waals surface area (Å²) in [5.41, 5.74) is 8.10. The van der Waals surface area contributed by atoms with E-state index in [1.807, 2.05) is 12.1 Å². The molecular weight excluding hydrogens is 505 g/mol. The molecule has 206 valence electrons. The van der Waals surface area contributed by atoms with E-state index in [2.05, 4.69) is 53.1 Å². The van der Waals surface area contributed by atoms with Gasteiger partial charge in [-0.3, -0.25) is 20.5 Å². The van der Waals surface area contributed by atoms with E-state index in [-0.39, 0.29) is 24.1 Å². The van der Waals surface area contributed by atoms with E-state index in [1.54, 1.807) is 23.2 Å². The Morgan fingerprint density at radius 1 is 0.974 bits per heavy atom. The lowest BCUT2D eigenvalue weighted by Crippen LogP contribution is -2.47. The fourth-order valence-electron chi connectivity index (χ4n) is 4.51. The van der Waals surface area contributed by atoms with Gasteiger partial charge in [0.15, 0.2) is 11.6 Å². The Kier molecular flexibility index (Phi) is 8.61. The Labute approximate surface area is 225 Å². The molecule has 0 aliphatic carbocycles. The Hall–Kier alpha value is -4.07. The minimum Gasteiger partial charge on any atom is -0.395 e. The Balaban J connectivity index is 1.15. The summed E-state index contributed by atoms with van der Waals surface area (Å²) in [5, 5.41) is 12.5. The monoisotopic (exact) mass is 537 g/mol. The maximum Gasteiger partial charge on any atom is 0.288 e. The van der Waals surface area contributed by atoms with Gasteiger partial charge in [-0.05, 0) is 30.3 Å². The van der Waals surface area contributed by atoms with Crippen molar-refractivity contribution in [2.75, 3.05) is 86.2 Å². The highest BCUT2D eigenvalue weighted by Crippen LogP contribution is 2.24. The van der Waals surface area contributed by atoms with Gasteiger partial charge in [0.05, 0.1) is 37.9 Å². The number of hydrogen-bond acceptors (Lipinski definition) is 11. The predicted octanol–water partition coefficient (Wildman–Crippen LogP) is 1.46. The number of amides is 1. The van der Waals surface area contributed by atoms with Crippen molar-refractivity contribution in [2.24, 2.45) is 0 Å². The molecule has 2 saturated heterocycles. The van der Waals surface area contributed by atoms with Crippen LogP contribution in [0.3, 0.4) is 0 Å². The van der Waals surface area contributed by atoms with Crippen molar-refractivity contribution in [2.45, 2.75) is 0 Å². The van der Waals surface area contributed by atoms with E-state index in [1.165, 1.54) is 0 Å². The molecule has 3 aromatic rings. The summed E-state index contributed by atoms with van der Waals surface area (Å²) >= 11 is 0. The molecule has 1 aromatic carbocycles. The molecule has 39 heavy (non-hydrogen) atoms. The normalized spacial score (nSPS) is 16.2. The van der Waals surface area contributed by atoms with Crippen LogP contribution in [0, 0.1) is 5.82 Å². The number of morpholine rings is 1. The summed E-state index contributed by atoms with van der Waals surface area (Å²) in [7, 11) is 0. The fourth-order valence-corrected chi connectivity index (χ4v) is 4.51. The van der Waals surface area contributed by atoms with Gasteiger partial charge in [-0.2, -0.15) is 4.98 Å². The highest BCUT2D eigenvalue weighted by atomic mass is 19.1. The molecule has 4 N–H and O–H groups in total. The molecule has 0 unspecified atom stereocenters. The zero-order chi connectivity index (χ0) is 27.0. The molecular formula is C26H32FN9O3. The second-order valence-electron chi connectivity index (χ2n) is 9.20. The molecule has 0 bridgehead atoms. The summed E-state index contributed by atoms with van der Waals surface area (Å²) in [6.45, 7) is 6.58. The highest BCUT2D eigenvalue weighted by Gasteiger charge is 2.19. The van der Waals surface area contributed by atoms with Crippen LogP contribution in [-0.4, -0.2) is 96.5 Å². The lowest BCUT2D eigenvalue weighted by molar-refractivity contribution is 0.0957. The highest BCUT2D eigenvalue weighted by molar-refractivity contribution is 5.93. The van der Waals surface area contributed by atoms with Gasteiger partial charge in [-0.15, -0.1) is 0 Å². The average molecular weight is 538 g/mol. The van der Waals surface area contributed by atoms with Crippen LogP contribution >= 0.6 is 0 Å². The van der Waals surface area contributed by atoms with E-state index in [9.17, 15) is 9.18 Å². The summed E-state index contributed by atoms with van der Waals surface area (Å²) in [4.78, 5) is 31.3. The summed E-state index contributed by atoms with van der Waals surface area (Å²) in [5.74, 6) is -0.791. The third kappa shape index (κ3) is 6.88. The number of hydrogen-bond donors (Lipinski definition) is 4. The number of nitrogens with one attached hydrogen (secondary N) is 3. The SMILES string of the molecule is O=C(NNc1ncc(F)c(N2CCOCC2)n1)c1ccc(Nc2cccc(N3CCN(CCO)CC3)c2)cn1. The lowest BCUT2D eigenvalue weighted by Gasteiger charge is -2.36. The molecule has 0 atom stereocenters. The topological polar surface area (TPSA) is 131 Å². The van der Waals surface area contributed by atoms with Crippen molar-refractivity contribution in [3.8, 4) is 0 Å². The van der Waals surface area contributed by atoms with Crippen LogP contribution in [0.5, 0.6) is 0 Å². The number of halogens is 1. The third-order valence-electron chi connectivity index (χ3n) is 6.61. The Morgan fingerprint density at radius 3 is 2.54 bits per heavy atom. The number of aliphatic hydroxyl groups is 1. The largest absolute Gasteiger partial charge is 0.395 e. The molecule has 2 aliphatic heterocycles. The second kappa shape index (κ2) is 12.7. The van der Waals surface area contributed by atoms with E-state index < -0.39 is 11.7 Å². The van der Waals surface area contributed by atoms with Crippen LogP contribution in [0.15, 0.2) is 48.8 Å². The third-order valence-corrected chi connectivity index (χ3v) is 6.61. The molecule has 1 amide bonds. The van der Waals surface area contributed by atoms with Crippen LogP contribution in [-0.2, 0) is 4.74 Å². The zero-order valence-corrected chi connectivity index (χ0v) is 21.5. The number of rotatable bonds is 9. The smallest absolute Gasteiger partial charge is 0.288 e. The zero-order valence-electron chi connectivity index (χ0n) is 21.5. The van der Waals surface area contributed by atoms with Crippen LogP contribution in [0.2, 0.25) is 0 Å². The van der Waals surface area contributed by atoms with Gasteiger partial charge in [0.1, 0.15) is 5.69 Å². The first kappa shape index (κ1) is 26.5. The number of anilines is 5. The standard InChI is InChI=1S/C26H32FN9O3/c27-22-18-29-26(31-24(22)36-11-14-39-15-12-36)33-32-25(38)23-5-4-20(17-28-23)30-19-2-1-3-21(16-19)35-8-6-34(7-9-35)10-13-37/h1-5,16-18,30,37H,6-15H2,(H,32,38)(H,29,31,33). The van der Waals surface area contributed by atoms with E-state index in [0.717, 1.165) is 49.4 Å². The summed E-state index contributed by atoms with van der Waals surface area (Å²) in [6.07, 6.45) is 2.65. The van der Waals surface area contributed by atoms with E-state index in [4.69, 9.17) is 9.84 Å².